The van der Waals surface area contributed by atoms with Crippen LogP contribution in [0, 0.1) is 0 Å². The highest BCUT2D eigenvalue weighted by molar-refractivity contribution is 5.47. The highest BCUT2D eigenvalue weighted by atomic mass is 19.4. The molecule has 1 aliphatic rings. The zero-order valence-electron chi connectivity index (χ0n) is 10.7. The topological polar surface area (TPSA) is 38.7 Å². The fourth-order valence-corrected chi connectivity index (χ4v) is 2.26. The van der Waals surface area contributed by atoms with Crippen molar-refractivity contribution in [2.24, 2.45) is 0 Å². The molecular formula is C15H11F3O3. The van der Waals surface area contributed by atoms with E-state index in [9.17, 15) is 18.3 Å². The van der Waals surface area contributed by atoms with E-state index in [4.69, 9.17) is 9.47 Å². The highest BCUT2D eigenvalue weighted by Crippen LogP contribution is 2.39. The molecule has 1 unspecified atom stereocenters. The molecule has 110 valence electrons. The van der Waals surface area contributed by atoms with Gasteiger partial charge in [-0.1, -0.05) is 24.3 Å². The molecule has 3 rings (SSSR count). The summed E-state index contributed by atoms with van der Waals surface area (Å²) in [5, 5.41) is 10.3. The summed E-state index contributed by atoms with van der Waals surface area (Å²) in [4.78, 5) is 0. The summed E-state index contributed by atoms with van der Waals surface area (Å²) < 4.78 is 49.3. The molecular weight excluding hydrogens is 285 g/mol. The third-order valence-corrected chi connectivity index (χ3v) is 3.27. The zero-order valence-corrected chi connectivity index (χ0v) is 10.7. The van der Waals surface area contributed by atoms with Crippen LogP contribution in [0.2, 0.25) is 0 Å². The minimum Gasteiger partial charge on any atom is -0.454 e. The van der Waals surface area contributed by atoms with Crippen LogP contribution in [0.4, 0.5) is 13.2 Å². The van der Waals surface area contributed by atoms with E-state index in [0.717, 1.165) is 6.07 Å². The molecule has 0 amide bonds. The molecule has 1 heterocycles. The van der Waals surface area contributed by atoms with Gasteiger partial charge in [0.1, 0.15) is 6.10 Å². The van der Waals surface area contributed by atoms with Crippen LogP contribution in [0.3, 0.4) is 0 Å². The van der Waals surface area contributed by atoms with Gasteiger partial charge in [-0.3, -0.25) is 0 Å². The lowest BCUT2D eigenvalue weighted by atomic mass is 9.96. The molecule has 0 bridgehead atoms. The van der Waals surface area contributed by atoms with E-state index in [1.54, 1.807) is 6.07 Å². The van der Waals surface area contributed by atoms with Crippen molar-refractivity contribution in [1.82, 2.24) is 0 Å². The zero-order chi connectivity index (χ0) is 15.0. The van der Waals surface area contributed by atoms with Crippen molar-refractivity contribution in [3.8, 4) is 11.5 Å². The predicted octanol–water partition coefficient (Wildman–Crippen LogP) is 3.52. The van der Waals surface area contributed by atoms with Gasteiger partial charge in [-0.2, -0.15) is 13.2 Å². The SMILES string of the molecule is OC(c1ccc2c(c1)OCO2)c1ccccc1C(F)(F)F. The molecule has 0 saturated heterocycles. The van der Waals surface area contributed by atoms with E-state index in [2.05, 4.69) is 0 Å². The van der Waals surface area contributed by atoms with Crippen LogP contribution in [-0.2, 0) is 6.18 Å². The molecule has 1 N–H and O–H groups in total. The van der Waals surface area contributed by atoms with Gasteiger partial charge in [-0.05, 0) is 29.3 Å². The molecule has 0 aromatic heterocycles. The average molecular weight is 296 g/mol. The lowest BCUT2D eigenvalue weighted by Gasteiger charge is -2.18. The van der Waals surface area contributed by atoms with Crippen LogP contribution in [0.15, 0.2) is 42.5 Å². The number of ether oxygens (including phenoxy) is 2. The smallest absolute Gasteiger partial charge is 0.416 e. The summed E-state index contributed by atoms with van der Waals surface area (Å²) in [5.41, 5.74) is -0.727. The van der Waals surface area contributed by atoms with E-state index in [1.165, 1.54) is 30.3 Å². The van der Waals surface area contributed by atoms with Gasteiger partial charge >= 0.3 is 6.18 Å². The number of halogens is 3. The minimum atomic E-state index is -4.52. The average Bonchev–Trinajstić information content (AvgIpc) is 2.93. The van der Waals surface area contributed by atoms with Gasteiger partial charge < -0.3 is 14.6 Å². The first-order valence-corrected chi connectivity index (χ1v) is 6.20. The molecule has 0 radical (unpaired) electrons. The summed E-state index contributed by atoms with van der Waals surface area (Å²) in [7, 11) is 0. The molecule has 0 fully saturated rings. The van der Waals surface area contributed by atoms with Gasteiger partial charge in [0.15, 0.2) is 11.5 Å². The van der Waals surface area contributed by atoms with Gasteiger partial charge in [0, 0.05) is 0 Å². The minimum absolute atomic E-state index is 0.0635. The normalized spacial score (nSPS) is 15.0. The third kappa shape index (κ3) is 2.54. The molecule has 0 aliphatic carbocycles. The van der Waals surface area contributed by atoms with Gasteiger partial charge in [0.2, 0.25) is 6.79 Å². The molecule has 2 aromatic carbocycles. The van der Waals surface area contributed by atoms with Crippen molar-refractivity contribution in [3.05, 3.63) is 59.2 Å². The second kappa shape index (κ2) is 4.96. The second-order valence-electron chi connectivity index (χ2n) is 4.60. The van der Waals surface area contributed by atoms with E-state index in [0.29, 0.717) is 17.1 Å². The van der Waals surface area contributed by atoms with Crippen molar-refractivity contribution in [1.29, 1.82) is 0 Å². The summed E-state index contributed by atoms with van der Waals surface area (Å²) in [6.07, 6.45) is -5.91. The Morgan fingerprint density at radius 2 is 1.71 bits per heavy atom. The Balaban J connectivity index is 2.01. The van der Waals surface area contributed by atoms with Crippen molar-refractivity contribution in [2.45, 2.75) is 12.3 Å². The van der Waals surface area contributed by atoms with Crippen LogP contribution in [0.5, 0.6) is 11.5 Å². The Hall–Kier alpha value is -2.21. The summed E-state index contributed by atoms with van der Waals surface area (Å²) in [5.74, 6) is 0.922. The van der Waals surface area contributed by atoms with Gasteiger partial charge in [0.05, 0.1) is 5.56 Å². The quantitative estimate of drug-likeness (QED) is 0.921. The fraction of sp³-hybridized carbons (Fsp3) is 0.200. The maximum Gasteiger partial charge on any atom is 0.416 e. The Labute approximate surface area is 118 Å². The van der Waals surface area contributed by atoms with Crippen LogP contribution in [0.1, 0.15) is 22.8 Å². The van der Waals surface area contributed by atoms with Crippen LogP contribution in [-0.4, -0.2) is 11.9 Å². The lowest BCUT2D eigenvalue weighted by molar-refractivity contribution is -0.139. The molecule has 3 nitrogen and oxygen atoms in total. The maximum absolute atomic E-state index is 13.0. The molecule has 2 aromatic rings. The maximum atomic E-state index is 13.0. The molecule has 1 atom stereocenters. The Kier molecular flexibility index (Phi) is 3.25. The number of benzene rings is 2. The number of aliphatic hydroxyl groups is 1. The van der Waals surface area contributed by atoms with Gasteiger partial charge in [-0.15, -0.1) is 0 Å². The first-order valence-electron chi connectivity index (χ1n) is 6.20. The monoisotopic (exact) mass is 296 g/mol. The lowest BCUT2D eigenvalue weighted by Crippen LogP contribution is -2.12. The first kappa shape index (κ1) is 13.8. The van der Waals surface area contributed by atoms with Crippen LogP contribution in [0.25, 0.3) is 0 Å². The van der Waals surface area contributed by atoms with E-state index < -0.39 is 17.8 Å². The van der Waals surface area contributed by atoms with E-state index in [-0.39, 0.29) is 12.4 Å². The second-order valence-corrected chi connectivity index (χ2v) is 4.60. The summed E-state index contributed by atoms with van der Waals surface area (Å²) >= 11 is 0. The number of hydrogen-bond acceptors (Lipinski definition) is 3. The van der Waals surface area contributed by atoms with E-state index >= 15 is 0 Å². The Morgan fingerprint density at radius 1 is 1.00 bits per heavy atom. The van der Waals surface area contributed by atoms with E-state index in [1.807, 2.05) is 0 Å². The largest absolute Gasteiger partial charge is 0.454 e. The fourth-order valence-electron chi connectivity index (χ4n) is 2.26. The predicted molar refractivity (Wildman–Crippen MR) is 68.1 cm³/mol. The van der Waals surface area contributed by atoms with Gasteiger partial charge in [0.25, 0.3) is 0 Å². The van der Waals surface area contributed by atoms with Crippen molar-refractivity contribution >= 4 is 0 Å². The highest BCUT2D eigenvalue weighted by Gasteiger charge is 2.35. The number of fused-ring (bicyclic) bond motifs is 1. The molecule has 21 heavy (non-hydrogen) atoms. The molecule has 0 spiro atoms. The first-order chi connectivity index (χ1) is 9.97. The Morgan fingerprint density at radius 3 is 2.48 bits per heavy atom. The van der Waals surface area contributed by atoms with Crippen molar-refractivity contribution < 1.29 is 27.8 Å². The number of hydrogen-bond donors (Lipinski definition) is 1. The van der Waals surface area contributed by atoms with Crippen LogP contribution >= 0.6 is 0 Å². The number of alkyl halides is 3. The third-order valence-electron chi connectivity index (χ3n) is 3.27. The number of rotatable bonds is 2. The summed E-state index contributed by atoms with van der Waals surface area (Å²) in [6.45, 7) is 0.0635. The molecule has 1 aliphatic heterocycles. The summed E-state index contributed by atoms with van der Waals surface area (Å²) in [6, 6.07) is 9.53. The van der Waals surface area contributed by atoms with Crippen molar-refractivity contribution in [3.63, 3.8) is 0 Å². The molecule has 0 saturated carbocycles. The van der Waals surface area contributed by atoms with Crippen LogP contribution < -0.4 is 9.47 Å². The van der Waals surface area contributed by atoms with Crippen molar-refractivity contribution in [2.75, 3.05) is 6.79 Å². The standard InChI is InChI=1S/C15H11F3O3/c16-15(17,18)11-4-2-1-3-10(11)14(19)9-5-6-12-13(7-9)21-8-20-12/h1-7,14,19H,8H2. The Bertz CT molecular complexity index is 667. The molecule has 6 heteroatoms. The number of aliphatic hydroxyl groups excluding tert-OH is 1. The van der Waals surface area contributed by atoms with Gasteiger partial charge in [-0.25, -0.2) is 0 Å².